The van der Waals surface area contributed by atoms with E-state index >= 15 is 0 Å². The summed E-state index contributed by atoms with van der Waals surface area (Å²) in [5, 5.41) is 25.4. The fraction of sp³-hybridized carbons (Fsp3) is 0.231. The van der Waals surface area contributed by atoms with Crippen LogP contribution in [0.5, 0.6) is 0 Å². The maximum atomic E-state index is 11.5. The van der Waals surface area contributed by atoms with Crippen LogP contribution in [0.25, 0.3) is 0 Å². The van der Waals surface area contributed by atoms with E-state index in [2.05, 4.69) is 17.1 Å². The van der Waals surface area contributed by atoms with Crippen molar-refractivity contribution in [3.05, 3.63) is 50.6 Å². The number of hydrazone groups is 1. The largest absolute Gasteiger partial charge is 0.462 e. The number of hydrogen-bond acceptors (Lipinski definition) is 8. The molecule has 10 nitrogen and oxygen atoms in total. The van der Waals surface area contributed by atoms with Crippen LogP contribution in [0.1, 0.15) is 13.8 Å². The van der Waals surface area contributed by atoms with Crippen molar-refractivity contribution in [1.82, 2.24) is 0 Å². The second-order valence-electron chi connectivity index (χ2n) is 4.22. The number of carbonyl (C=O) groups is 1. The molecule has 0 spiro atoms. The van der Waals surface area contributed by atoms with Gasteiger partial charge in [0.15, 0.2) is 0 Å². The summed E-state index contributed by atoms with van der Waals surface area (Å²) in [5.41, 5.74) is 1.55. The van der Waals surface area contributed by atoms with Gasteiger partial charge in [-0.2, -0.15) is 5.10 Å². The van der Waals surface area contributed by atoms with Crippen molar-refractivity contribution in [2.24, 2.45) is 5.10 Å². The van der Waals surface area contributed by atoms with Gasteiger partial charge in [-0.25, -0.2) is 4.79 Å². The highest BCUT2D eigenvalue weighted by molar-refractivity contribution is 6.18. The molecule has 0 saturated carbocycles. The standard InChI is InChI=1S/C13H14N4O6/c1-4-23-13(18)8(2)9(3)14-15-11-6-5-10(16(19)20)7-12(11)17(21)22/h5-7,15H,2,4H2,1,3H3/b14-9+. The van der Waals surface area contributed by atoms with Crippen molar-refractivity contribution >= 4 is 28.7 Å². The summed E-state index contributed by atoms with van der Waals surface area (Å²) in [5.74, 6) is -0.659. The molecule has 0 atom stereocenters. The van der Waals surface area contributed by atoms with Crippen LogP contribution in [0.4, 0.5) is 17.1 Å². The number of nitrogens with one attached hydrogen (secondary N) is 1. The van der Waals surface area contributed by atoms with Crippen molar-refractivity contribution in [3.63, 3.8) is 0 Å². The zero-order valence-electron chi connectivity index (χ0n) is 12.4. The maximum absolute atomic E-state index is 11.5. The first-order chi connectivity index (χ1) is 10.8. The number of nitro benzene ring substituents is 2. The summed E-state index contributed by atoms with van der Waals surface area (Å²) in [6, 6.07) is 3.06. The van der Waals surface area contributed by atoms with Gasteiger partial charge in [0.1, 0.15) is 5.69 Å². The molecule has 1 rings (SSSR count). The van der Waals surface area contributed by atoms with Gasteiger partial charge in [0.05, 0.1) is 33.8 Å². The van der Waals surface area contributed by atoms with E-state index in [0.29, 0.717) is 0 Å². The Hall–Kier alpha value is -3.30. The summed E-state index contributed by atoms with van der Waals surface area (Å²) < 4.78 is 4.75. The molecule has 0 aliphatic carbocycles. The summed E-state index contributed by atoms with van der Waals surface area (Å²) in [4.78, 5) is 31.6. The van der Waals surface area contributed by atoms with Gasteiger partial charge in [-0.3, -0.25) is 25.7 Å². The monoisotopic (exact) mass is 322 g/mol. The molecule has 0 radical (unpaired) electrons. The molecule has 0 aromatic heterocycles. The normalized spacial score (nSPS) is 10.8. The third-order valence-electron chi connectivity index (χ3n) is 2.69. The zero-order valence-corrected chi connectivity index (χ0v) is 12.4. The third-order valence-corrected chi connectivity index (χ3v) is 2.69. The van der Waals surface area contributed by atoms with Crippen LogP contribution < -0.4 is 5.43 Å². The molecule has 10 heteroatoms. The second kappa shape index (κ2) is 7.64. The fourth-order valence-electron chi connectivity index (χ4n) is 1.46. The Morgan fingerprint density at radius 1 is 1.35 bits per heavy atom. The molecule has 0 amide bonds. The van der Waals surface area contributed by atoms with Gasteiger partial charge in [-0.15, -0.1) is 0 Å². The summed E-state index contributed by atoms with van der Waals surface area (Å²) in [7, 11) is 0. The molecule has 1 aromatic rings. The van der Waals surface area contributed by atoms with Gasteiger partial charge in [0.2, 0.25) is 0 Å². The van der Waals surface area contributed by atoms with Crippen LogP contribution in [0.2, 0.25) is 0 Å². The average molecular weight is 322 g/mol. The molecule has 122 valence electrons. The number of hydrogen-bond donors (Lipinski definition) is 1. The number of esters is 1. The van der Waals surface area contributed by atoms with Gasteiger partial charge in [0, 0.05) is 6.07 Å². The van der Waals surface area contributed by atoms with E-state index in [4.69, 9.17) is 4.74 Å². The van der Waals surface area contributed by atoms with E-state index in [1.165, 1.54) is 6.92 Å². The Kier molecular flexibility index (Phi) is 5.89. The van der Waals surface area contributed by atoms with Crippen molar-refractivity contribution in [1.29, 1.82) is 0 Å². The lowest BCUT2D eigenvalue weighted by molar-refractivity contribution is -0.393. The highest BCUT2D eigenvalue weighted by atomic mass is 16.6. The van der Waals surface area contributed by atoms with E-state index in [1.807, 2.05) is 0 Å². The third kappa shape index (κ3) is 4.59. The lowest BCUT2D eigenvalue weighted by atomic mass is 10.2. The summed E-state index contributed by atoms with van der Waals surface area (Å²) >= 11 is 0. The van der Waals surface area contributed by atoms with E-state index < -0.39 is 27.2 Å². The van der Waals surface area contributed by atoms with Crippen LogP contribution >= 0.6 is 0 Å². The Labute approximate surface area is 130 Å². The second-order valence-corrected chi connectivity index (χ2v) is 4.22. The van der Waals surface area contributed by atoms with Crippen LogP contribution in [0.15, 0.2) is 35.5 Å². The number of ether oxygens (including phenoxy) is 1. The Morgan fingerprint density at radius 2 is 2.00 bits per heavy atom. The Bertz CT molecular complexity index is 698. The molecule has 0 saturated heterocycles. The number of nitro groups is 2. The number of benzene rings is 1. The number of rotatable bonds is 7. The fourth-order valence-corrected chi connectivity index (χ4v) is 1.46. The molecule has 0 aliphatic heterocycles. The SMILES string of the molecule is C=C(C(=O)OCC)/C(C)=N/Nc1ccc([N+](=O)[O-])cc1[N+](=O)[O-]. The minimum atomic E-state index is -0.777. The lowest BCUT2D eigenvalue weighted by Gasteiger charge is -2.06. The van der Waals surface area contributed by atoms with Crippen molar-refractivity contribution in [2.75, 3.05) is 12.0 Å². The molecule has 0 bridgehead atoms. The molecule has 1 aromatic carbocycles. The van der Waals surface area contributed by atoms with E-state index in [-0.39, 0.29) is 23.6 Å². The highest BCUT2D eigenvalue weighted by Crippen LogP contribution is 2.28. The maximum Gasteiger partial charge on any atom is 0.339 e. The molecule has 0 heterocycles. The minimum absolute atomic E-state index is 0.0103. The first-order valence-corrected chi connectivity index (χ1v) is 6.37. The first-order valence-electron chi connectivity index (χ1n) is 6.37. The van der Waals surface area contributed by atoms with Crippen LogP contribution in [0.3, 0.4) is 0 Å². The average Bonchev–Trinajstić information content (AvgIpc) is 2.51. The predicted octanol–water partition coefficient (Wildman–Crippen LogP) is 2.41. The van der Waals surface area contributed by atoms with Gasteiger partial charge in [0.25, 0.3) is 5.69 Å². The first kappa shape index (κ1) is 17.8. The van der Waals surface area contributed by atoms with Crippen molar-refractivity contribution in [2.45, 2.75) is 13.8 Å². The minimum Gasteiger partial charge on any atom is -0.462 e. The van der Waals surface area contributed by atoms with Crippen LogP contribution in [-0.4, -0.2) is 28.1 Å². The van der Waals surface area contributed by atoms with Gasteiger partial charge in [-0.1, -0.05) is 6.58 Å². The Morgan fingerprint density at radius 3 is 2.52 bits per heavy atom. The number of anilines is 1. The number of carbonyl (C=O) groups excluding carboxylic acids is 1. The van der Waals surface area contributed by atoms with Gasteiger partial charge in [-0.05, 0) is 19.9 Å². The van der Waals surface area contributed by atoms with E-state index in [1.54, 1.807) is 6.92 Å². The summed E-state index contributed by atoms with van der Waals surface area (Å²) in [6.45, 7) is 6.78. The van der Waals surface area contributed by atoms with Gasteiger partial charge < -0.3 is 4.74 Å². The van der Waals surface area contributed by atoms with Crippen LogP contribution in [0, 0.1) is 20.2 Å². The lowest BCUT2D eigenvalue weighted by Crippen LogP contribution is -2.14. The molecular weight excluding hydrogens is 308 g/mol. The smallest absolute Gasteiger partial charge is 0.339 e. The van der Waals surface area contributed by atoms with E-state index in [0.717, 1.165) is 18.2 Å². The van der Waals surface area contributed by atoms with E-state index in [9.17, 15) is 25.0 Å². The quantitative estimate of drug-likeness (QED) is 0.267. The Balaban J connectivity index is 3.02. The molecule has 0 unspecified atom stereocenters. The predicted molar refractivity (Wildman–Crippen MR) is 82.3 cm³/mol. The molecule has 1 N–H and O–H groups in total. The van der Waals surface area contributed by atoms with Gasteiger partial charge >= 0.3 is 11.7 Å². The van der Waals surface area contributed by atoms with Crippen molar-refractivity contribution in [3.8, 4) is 0 Å². The molecule has 0 aliphatic rings. The molecular formula is C13H14N4O6. The molecule has 23 heavy (non-hydrogen) atoms. The highest BCUT2D eigenvalue weighted by Gasteiger charge is 2.19. The summed E-state index contributed by atoms with van der Waals surface area (Å²) in [6.07, 6.45) is 0. The van der Waals surface area contributed by atoms with Crippen LogP contribution in [-0.2, 0) is 9.53 Å². The molecule has 0 fully saturated rings. The number of nitrogens with zero attached hydrogens (tertiary/aromatic N) is 3. The zero-order chi connectivity index (χ0) is 17.6. The van der Waals surface area contributed by atoms with Crippen molar-refractivity contribution < 1.29 is 19.4 Å². The topological polar surface area (TPSA) is 137 Å². The number of non-ortho nitro benzene ring substituents is 1.